The van der Waals surface area contributed by atoms with Gasteiger partial charge >= 0.3 is 0 Å². The van der Waals surface area contributed by atoms with E-state index in [2.05, 4.69) is 24.6 Å². The van der Waals surface area contributed by atoms with Crippen LogP contribution in [0.2, 0.25) is 0 Å². The number of hydrogen-bond donors (Lipinski definition) is 2. The molecule has 1 fully saturated rings. The van der Waals surface area contributed by atoms with Gasteiger partial charge in [-0.1, -0.05) is 19.8 Å². The first kappa shape index (κ1) is 11.0. The van der Waals surface area contributed by atoms with E-state index in [1.807, 2.05) is 0 Å². The van der Waals surface area contributed by atoms with E-state index in [1.165, 1.54) is 51.7 Å². The largest absolute Gasteiger partial charge is 0.319 e. The maximum Gasteiger partial charge on any atom is 0.00200 e. The first-order valence-electron chi connectivity index (χ1n) is 5.68. The third kappa shape index (κ3) is 4.10. The lowest BCUT2D eigenvalue weighted by atomic mass is 10.1. The molecule has 2 N–H and O–H groups in total. The number of rotatable bonds is 8. The van der Waals surface area contributed by atoms with Gasteiger partial charge in [-0.25, -0.2) is 0 Å². The van der Waals surface area contributed by atoms with Gasteiger partial charge in [0.1, 0.15) is 0 Å². The second kappa shape index (κ2) is 5.61. The van der Waals surface area contributed by atoms with Crippen molar-refractivity contribution in [2.45, 2.75) is 39.0 Å². The highest BCUT2D eigenvalue weighted by atomic mass is 14.9. The second-order valence-corrected chi connectivity index (χ2v) is 4.41. The van der Waals surface area contributed by atoms with Crippen molar-refractivity contribution in [3.8, 4) is 0 Å². The summed E-state index contributed by atoms with van der Waals surface area (Å²) >= 11 is 0. The summed E-state index contributed by atoms with van der Waals surface area (Å²) in [4.78, 5) is 0. The molecule has 1 aliphatic carbocycles. The molecular weight excluding hydrogens is 160 g/mol. The zero-order valence-corrected chi connectivity index (χ0v) is 9.16. The third-order valence-corrected chi connectivity index (χ3v) is 2.97. The van der Waals surface area contributed by atoms with Crippen LogP contribution in [0.4, 0.5) is 0 Å². The molecule has 13 heavy (non-hydrogen) atoms. The summed E-state index contributed by atoms with van der Waals surface area (Å²) < 4.78 is 0. The molecule has 0 heterocycles. The van der Waals surface area contributed by atoms with E-state index in [0.717, 1.165) is 0 Å². The van der Waals surface area contributed by atoms with Crippen molar-refractivity contribution in [3.63, 3.8) is 0 Å². The molecule has 0 aromatic rings. The van der Waals surface area contributed by atoms with Gasteiger partial charge in [-0.15, -0.1) is 0 Å². The van der Waals surface area contributed by atoms with Crippen molar-refractivity contribution in [2.24, 2.45) is 5.41 Å². The fourth-order valence-corrected chi connectivity index (χ4v) is 1.82. The summed E-state index contributed by atoms with van der Waals surface area (Å²) in [6.45, 7) is 5.87. The summed E-state index contributed by atoms with van der Waals surface area (Å²) in [5.74, 6) is 0. The van der Waals surface area contributed by atoms with Crippen LogP contribution >= 0.6 is 0 Å². The molecule has 0 atom stereocenters. The van der Waals surface area contributed by atoms with E-state index < -0.39 is 0 Å². The molecule has 1 rings (SSSR count). The zero-order chi connectivity index (χ0) is 9.57. The Kier molecular flexibility index (Phi) is 4.74. The van der Waals surface area contributed by atoms with E-state index in [1.54, 1.807) is 0 Å². The fraction of sp³-hybridized carbons (Fsp3) is 1.00. The number of nitrogens with one attached hydrogen (secondary N) is 2. The Morgan fingerprint density at radius 1 is 1.15 bits per heavy atom. The highest BCUT2D eigenvalue weighted by Gasteiger charge is 2.40. The lowest BCUT2D eigenvalue weighted by Crippen LogP contribution is -2.31. The molecule has 0 radical (unpaired) electrons. The van der Waals surface area contributed by atoms with Gasteiger partial charge in [0.05, 0.1) is 0 Å². The molecular formula is C11H24N2. The molecule has 2 nitrogen and oxygen atoms in total. The molecule has 2 heteroatoms. The molecule has 0 unspecified atom stereocenters. The van der Waals surface area contributed by atoms with Crippen molar-refractivity contribution in [3.05, 3.63) is 0 Å². The zero-order valence-electron chi connectivity index (χ0n) is 9.16. The van der Waals surface area contributed by atoms with Gasteiger partial charge in [-0.3, -0.25) is 0 Å². The van der Waals surface area contributed by atoms with Crippen molar-refractivity contribution < 1.29 is 0 Å². The molecule has 1 aliphatic rings. The highest BCUT2D eigenvalue weighted by Crippen LogP contribution is 2.44. The highest BCUT2D eigenvalue weighted by molar-refractivity contribution is 4.96. The molecule has 0 spiro atoms. The monoisotopic (exact) mass is 184 g/mol. The van der Waals surface area contributed by atoms with E-state index in [9.17, 15) is 0 Å². The lowest BCUT2D eigenvalue weighted by molar-refractivity contribution is 0.435. The number of hydrogen-bond acceptors (Lipinski definition) is 2. The van der Waals surface area contributed by atoms with Crippen LogP contribution in [0.3, 0.4) is 0 Å². The van der Waals surface area contributed by atoms with E-state index >= 15 is 0 Å². The van der Waals surface area contributed by atoms with Gasteiger partial charge in [0.15, 0.2) is 0 Å². The van der Waals surface area contributed by atoms with Gasteiger partial charge in [-0.2, -0.15) is 0 Å². The predicted molar refractivity (Wildman–Crippen MR) is 58.0 cm³/mol. The van der Waals surface area contributed by atoms with Crippen LogP contribution in [0.15, 0.2) is 0 Å². The van der Waals surface area contributed by atoms with Gasteiger partial charge < -0.3 is 10.6 Å². The van der Waals surface area contributed by atoms with Gasteiger partial charge in [0.25, 0.3) is 0 Å². The maximum absolute atomic E-state index is 3.57. The van der Waals surface area contributed by atoms with Gasteiger partial charge in [0, 0.05) is 13.1 Å². The Bertz CT molecular complexity index is 130. The van der Waals surface area contributed by atoms with Crippen LogP contribution in [0.25, 0.3) is 0 Å². The molecule has 1 saturated carbocycles. The summed E-state index contributed by atoms with van der Waals surface area (Å²) in [6.07, 6.45) is 6.85. The smallest absolute Gasteiger partial charge is 0.00200 e. The number of unbranched alkanes of at least 4 members (excludes halogenated alkanes) is 2. The summed E-state index contributed by atoms with van der Waals surface area (Å²) in [6, 6.07) is 0. The van der Waals surface area contributed by atoms with Crippen molar-refractivity contribution in [2.75, 3.05) is 26.7 Å². The normalized spacial score (nSPS) is 18.9. The minimum atomic E-state index is 0.626. The molecule has 0 aliphatic heterocycles. The van der Waals surface area contributed by atoms with Crippen molar-refractivity contribution in [1.29, 1.82) is 0 Å². The second-order valence-electron chi connectivity index (χ2n) is 4.41. The molecule has 0 saturated heterocycles. The molecule has 0 aromatic carbocycles. The van der Waals surface area contributed by atoms with Gasteiger partial charge in [-0.05, 0) is 38.3 Å². The average molecular weight is 184 g/mol. The topological polar surface area (TPSA) is 24.1 Å². The minimum absolute atomic E-state index is 0.626. The molecule has 0 bridgehead atoms. The van der Waals surface area contributed by atoms with E-state index in [4.69, 9.17) is 0 Å². The lowest BCUT2D eigenvalue weighted by Gasteiger charge is -2.15. The summed E-state index contributed by atoms with van der Waals surface area (Å²) in [5, 5.41) is 6.85. The first-order valence-corrected chi connectivity index (χ1v) is 5.68. The van der Waals surface area contributed by atoms with Crippen molar-refractivity contribution in [1.82, 2.24) is 10.6 Å². The van der Waals surface area contributed by atoms with Crippen LogP contribution in [0.1, 0.15) is 39.0 Å². The first-order chi connectivity index (χ1) is 6.33. The Balaban J connectivity index is 1.93. The molecule has 78 valence electrons. The maximum atomic E-state index is 3.57. The summed E-state index contributed by atoms with van der Waals surface area (Å²) in [5.41, 5.74) is 0.626. The van der Waals surface area contributed by atoms with Crippen LogP contribution in [-0.4, -0.2) is 26.7 Å². The molecule has 0 amide bonds. The van der Waals surface area contributed by atoms with Crippen LogP contribution in [-0.2, 0) is 0 Å². The fourth-order valence-electron chi connectivity index (χ4n) is 1.82. The van der Waals surface area contributed by atoms with Crippen LogP contribution < -0.4 is 10.6 Å². The Morgan fingerprint density at radius 2 is 1.92 bits per heavy atom. The van der Waals surface area contributed by atoms with E-state index in [0.29, 0.717) is 5.41 Å². The van der Waals surface area contributed by atoms with Gasteiger partial charge in [0.2, 0.25) is 0 Å². The Labute approximate surface area is 82.5 Å². The minimum Gasteiger partial charge on any atom is -0.319 e. The van der Waals surface area contributed by atoms with Crippen LogP contribution in [0, 0.1) is 5.41 Å². The van der Waals surface area contributed by atoms with Crippen molar-refractivity contribution >= 4 is 0 Å². The standard InChI is InChI=1S/C11H24N2/c1-3-4-5-8-13-10-11(6-7-11)9-12-2/h12-13H,3-10H2,1-2H3. The van der Waals surface area contributed by atoms with Crippen LogP contribution in [0.5, 0.6) is 0 Å². The molecule has 0 aromatic heterocycles. The quantitative estimate of drug-likeness (QED) is 0.562. The van der Waals surface area contributed by atoms with E-state index in [-0.39, 0.29) is 0 Å². The predicted octanol–water partition coefficient (Wildman–Crippen LogP) is 1.77. The Morgan fingerprint density at radius 3 is 2.46 bits per heavy atom. The Hall–Kier alpha value is -0.0800. The third-order valence-electron chi connectivity index (χ3n) is 2.97. The summed E-state index contributed by atoms with van der Waals surface area (Å²) in [7, 11) is 2.05. The average Bonchev–Trinajstić information content (AvgIpc) is 2.86. The SMILES string of the molecule is CCCCCNCC1(CNC)CC1.